The van der Waals surface area contributed by atoms with E-state index in [9.17, 15) is 14.0 Å². The first-order chi connectivity index (χ1) is 10.5. The average molecular weight is 297 g/mol. The van der Waals surface area contributed by atoms with Gasteiger partial charge in [-0.2, -0.15) is 0 Å². The molecule has 0 aliphatic carbocycles. The molecule has 0 aromatic heterocycles. The Morgan fingerprint density at radius 2 is 1.77 bits per heavy atom. The van der Waals surface area contributed by atoms with Gasteiger partial charge in [-0.05, 0) is 48.9 Å². The number of aryl methyl sites for hydroxylation is 1. The van der Waals surface area contributed by atoms with Crippen molar-refractivity contribution in [2.75, 3.05) is 5.32 Å². The molecular weight excluding hydrogens is 285 g/mol. The number of carbonyl (C=O) groups excluding carboxylic acids is 1. The second kappa shape index (κ2) is 6.55. The fraction of sp³-hybridized carbons (Fsp3) is 0.0588. The lowest BCUT2D eigenvalue weighted by molar-refractivity contribution is -0.147. The molecular formula is C17H12FNO3. The van der Waals surface area contributed by atoms with E-state index in [-0.39, 0.29) is 5.82 Å². The summed E-state index contributed by atoms with van der Waals surface area (Å²) in [6.45, 7) is 1.80. The maximum Gasteiger partial charge on any atom is 0.394 e. The molecule has 22 heavy (non-hydrogen) atoms. The van der Waals surface area contributed by atoms with Crippen molar-refractivity contribution in [3.63, 3.8) is 0 Å². The number of hydrogen-bond donors (Lipinski definition) is 2. The van der Waals surface area contributed by atoms with E-state index in [0.29, 0.717) is 16.8 Å². The predicted octanol–water partition coefficient (Wildman–Crippen LogP) is 2.56. The van der Waals surface area contributed by atoms with E-state index in [2.05, 4.69) is 17.2 Å². The number of amides is 1. The van der Waals surface area contributed by atoms with Crippen LogP contribution in [0.5, 0.6) is 0 Å². The summed E-state index contributed by atoms with van der Waals surface area (Å²) in [6, 6.07) is 11.1. The number of anilines is 1. The van der Waals surface area contributed by atoms with Crippen molar-refractivity contribution in [1.82, 2.24) is 0 Å². The molecule has 0 spiro atoms. The van der Waals surface area contributed by atoms with Crippen LogP contribution in [0.4, 0.5) is 10.1 Å². The van der Waals surface area contributed by atoms with E-state index in [1.54, 1.807) is 31.2 Å². The van der Waals surface area contributed by atoms with Crippen LogP contribution in [-0.4, -0.2) is 17.0 Å². The van der Waals surface area contributed by atoms with Gasteiger partial charge in [0, 0.05) is 11.3 Å². The van der Waals surface area contributed by atoms with Crippen LogP contribution in [0.25, 0.3) is 0 Å². The van der Waals surface area contributed by atoms with Gasteiger partial charge in [0.2, 0.25) is 0 Å². The molecule has 2 aromatic rings. The Balaban J connectivity index is 2.13. The Hall–Kier alpha value is -3.13. The summed E-state index contributed by atoms with van der Waals surface area (Å²) in [6.07, 6.45) is 0. The molecule has 4 nitrogen and oxygen atoms in total. The fourth-order valence-corrected chi connectivity index (χ4v) is 1.68. The van der Waals surface area contributed by atoms with Crippen LogP contribution in [0, 0.1) is 24.6 Å². The third kappa shape index (κ3) is 3.93. The molecule has 2 N–H and O–H groups in total. The molecule has 0 bridgehead atoms. The van der Waals surface area contributed by atoms with Crippen molar-refractivity contribution < 1.29 is 19.1 Å². The largest absolute Gasteiger partial charge is 0.474 e. The molecule has 0 heterocycles. The van der Waals surface area contributed by atoms with E-state index < -0.39 is 11.9 Å². The Morgan fingerprint density at radius 3 is 2.36 bits per heavy atom. The van der Waals surface area contributed by atoms with Gasteiger partial charge >= 0.3 is 11.9 Å². The van der Waals surface area contributed by atoms with Crippen LogP contribution in [0.15, 0.2) is 42.5 Å². The number of carboxylic acids is 1. The van der Waals surface area contributed by atoms with Crippen LogP contribution < -0.4 is 5.32 Å². The van der Waals surface area contributed by atoms with Gasteiger partial charge in [0.15, 0.2) is 0 Å². The molecule has 110 valence electrons. The second-order valence-electron chi connectivity index (χ2n) is 4.57. The maximum atomic E-state index is 13.6. The zero-order chi connectivity index (χ0) is 16.1. The van der Waals surface area contributed by atoms with E-state index in [1.807, 2.05) is 0 Å². The Bertz CT molecular complexity index is 786. The third-order valence-corrected chi connectivity index (χ3v) is 2.80. The van der Waals surface area contributed by atoms with Crippen LogP contribution in [0.2, 0.25) is 0 Å². The topological polar surface area (TPSA) is 66.4 Å². The molecule has 0 radical (unpaired) electrons. The van der Waals surface area contributed by atoms with Gasteiger partial charge < -0.3 is 10.4 Å². The second-order valence-corrected chi connectivity index (χ2v) is 4.57. The Kier molecular flexibility index (Phi) is 4.54. The SMILES string of the molecule is Cc1ccc(C#Cc2ccc(NC(=O)C(=O)O)cc2)c(F)c1. The summed E-state index contributed by atoms with van der Waals surface area (Å²) >= 11 is 0. The standard InChI is InChI=1S/C17H12FNO3/c1-11-2-6-13(15(18)10-11)7-3-12-4-8-14(9-5-12)19-16(20)17(21)22/h2,4-6,8-10H,1H3,(H,19,20)(H,21,22). The van der Waals surface area contributed by atoms with Crippen molar-refractivity contribution in [3.05, 3.63) is 65.0 Å². The molecule has 0 aliphatic heterocycles. The quantitative estimate of drug-likeness (QED) is 0.628. The fourth-order valence-electron chi connectivity index (χ4n) is 1.68. The van der Waals surface area contributed by atoms with Crippen molar-refractivity contribution in [2.45, 2.75) is 6.92 Å². The molecule has 0 unspecified atom stereocenters. The summed E-state index contributed by atoms with van der Waals surface area (Å²) < 4.78 is 13.6. The zero-order valence-corrected chi connectivity index (χ0v) is 11.7. The first-order valence-electron chi connectivity index (χ1n) is 6.38. The Labute approximate surface area is 126 Å². The normalized spacial score (nSPS) is 9.55. The van der Waals surface area contributed by atoms with Gasteiger partial charge in [-0.3, -0.25) is 4.79 Å². The minimum atomic E-state index is -1.56. The van der Waals surface area contributed by atoms with Crippen molar-refractivity contribution >= 4 is 17.6 Å². The molecule has 5 heteroatoms. The first-order valence-corrected chi connectivity index (χ1v) is 6.38. The molecule has 0 saturated carbocycles. The van der Waals surface area contributed by atoms with Crippen molar-refractivity contribution in [2.24, 2.45) is 0 Å². The van der Waals surface area contributed by atoms with Crippen LogP contribution in [-0.2, 0) is 9.59 Å². The number of benzene rings is 2. The van der Waals surface area contributed by atoms with E-state index >= 15 is 0 Å². The lowest BCUT2D eigenvalue weighted by atomic mass is 10.1. The highest BCUT2D eigenvalue weighted by atomic mass is 19.1. The number of nitrogens with one attached hydrogen (secondary N) is 1. The van der Waals surface area contributed by atoms with Gasteiger partial charge in [0.1, 0.15) is 5.82 Å². The lowest BCUT2D eigenvalue weighted by Crippen LogP contribution is -2.21. The highest BCUT2D eigenvalue weighted by Gasteiger charge is 2.10. The van der Waals surface area contributed by atoms with E-state index in [1.165, 1.54) is 18.2 Å². The minimum Gasteiger partial charge on any atom is -0.474 e. The van der Waals surface area contributed by atoms with E-state index in [0.717, 1.165) is 5.56 Å². The van der Waals surface area contributed by atoms with Gasteiger partial charge in [-0.25, -0.2) is 9.18 Å². The molecule has 0 atom stereocenters. The highest BCUT2D eigenvalue weighted by Crippen LogP contribution is 2.11. The van der Waals surface area contributed by atoms with Gasteiger partial charge in [-0.15, -0.1) is 0 Å². The van der Waals surface area contributed by atoms with Gasteiger partial charge in [0.25, 0.3) is 0 Å². The number of carboxylic acid groups (broad SMARTS) is 1. The summed E-state index contributed by atoms with van der Waals surface area (Å²) in [7, 11) is 0. The number of rotatable bonds is 1. The number of aliphatic carboxylic acids is 1. The summed E-state index contributed by atoms with van der Waals surface area (Å²) in [5, 5.41) is 10.7. The van der Waals surface area contributed by atoms with Crippen molar-refractivity contribution in [1.29, 1.82) is 0 Å². The molecule has 2 rings (SSSR count). The Morgan fingerprint density at radius 1 is 1.09 bits per heavy atom. The monoisotopic (exact) mass is 297 g/mol. The highest BCUT2D eigenvalue weighted by molar-refractivity contribution is 6.36. The average Bonchev–Trinajstić information content (AvgIpc) is 2.47. The van der Waals surface area contributed by atoms with Crippen molar-refractivity contribution in [3.8, 4) is 11.8 Å². The number of hydrogen-bond acceptors (Lipinski definition) is 2. The molecule has 1 amide bonds. The molecule has 0 saturated heterocycles. The summed E-state index contributed by atoms with van der Waals surface area (Å²) in [5.74, 6) is 2.49. The molecule has 0 aliphatic rings. The van der Waals surface area contributed by atoms with Gasteiger partial charge in [0.05, 0.1) is 5.56 Å². The summed E-state index contributed by atoms with van der Waals surface area (Å²) in [4.78, 5) is 21.4. The predicted molar refractivity (Wildman–Crippen MR) is 79.8 cm³/mol. The maximum absolute atomic E-state index is 13.6. The molecule has 0 fully saturated rings. The number of carbonyl (C=O) groups is 2. The minimum absolute atomic E-state index is 0.300. The smallest absolute Gasteiger partial charge is 0.394 e. The zero-order valence-electron chi connectivity index (χ0n) is 11.7. The summed E-state index contributed by atoms with van der Waals surface area (Å²) in [5.41, 5.74) is 2.09. The van der Waals surface area contributed by atoms with Crippen LogP contribution >= 0.6 is 0 Å². The van der Waals surface area contributed by atoms with Crippen LogP contribution in [0.1, 0.15) is 16.7 Å². The lowest BCUT2D eigenvalue weighted by Gasteiger charge is -2.01. The van der Waals surface area contributed by atoms with Gasteiger partial charge in [-0.1, -0.05) is 17.9 Å². The third-order valence-electron chi connectivity index (χ3n) is 2.80. The number of halogens is 1. The first kappa shape index (κ1) is 15.3. The van der Waals surface area contributed by atoms with Crippen LogP contribution in [0.3, 0.4) is 0 Å². The van der Waals surface area contributed by atoms with E-state index in [4.69, 9.17) is 5.11 Å². The molecule has 2 aromatic carbocycles.